The number of hydrogen-bond acceptors (Lipinski definition) is 1. The van der Waals surface area contributed by atoms with E-state index < -0.39 is 0 Å². The molecule has 0 aromatic heterocycles. The normalized spacial score (nSPS) is 35.2. The Balaban J connectivity index is 1.99. The van der Waals surface area contributed by atoms with Gasteiger partial charge in [-0.3, -0.25) is 0 Å². The van der Waals surface area contributed by atoms with Crippen molar-refractivity contribution in [3.05, 3.63) is 0 Å². The summed E-state index contributed by atoms with van der Waals surface area (Å²) in [5.74, 6) is 1.56. The highest BCUT2D eigenvalue weighted by Crippen LogP contribution is 2.41. The van der Waals surface area contributed by atoms with Crippen LogP contribution in [0.4, 0.5) is 0 Å². The van der Waals surface area contributed by atoms with Gasteiger partial charge in [-0.25, -0.2) is 0 Å². The Morgan fingerprint density at radius 2 is 2.25 bits per heavy atom. The number of hydrogen-bond donors (Lipinski definition) is 1. The van der Waals surface area contributed by atoms with Gasteiger partial charge in [-0.2, -0.15) is 0 Å². The molecule has 0 bridgehead atoms. The summed E-state index contributed by atoms with van der Waals surface area (Å²) in [5.41, 5.74) is 0. The van der Waals surface area contributed by atoms with E-state index in [1.54, 1.807) is 0 Å². The second-order valence-electron chi connectivity index (χ2n) is 2.73. The molecule has 1 rings (SSSR count). The summed E-state index contributed by atoms with van der Waals surface area (Å²) in [6.07, 6.45) is 3.89. The molecule has 0 unspecified atom stereocenters. The minimum Gasteiger partial charge on any atom is -0.396 e. The lowest BCUT2D eigenvalue weighted by Gasteiger charge is -1.89. The zero-order valence-electron chi connectivity index (χ0n) is 5.43. The monoisotopic (exact) mass is 114 g/mol. The van der Waals surface area contributed by atoms with Gasteiger partial charge < -0.3 is 5.11 Å². The van der Waals surface area contributed by atoms with Crippen molar-refractivity contribution in [3.8, 4) is 0 Å². The molecule has 1 heteroatoms. The highest BCUT2D eigenvalue weighted by molar-refractivity contribution is 4.84. The molecule has 1 aliphatic carbocycles. The maximum absolute atomic E-state index is 8.60. The van der Waals surface area contributed by atoms with Crippen LogP contribution in [0.1, 0.15) is 26.2 Å². The molecule has 0 spiro atoms. The van der Waals surface area contributed by atoms with Crippen LogP contribution in [-0.2, 0) is 0 Å². The molecule has 0 aromatic rings. The third-order valence-electron chi connectivity index (χ3n) is 1.96. The fourth-order valence-corrected chi connectivity index (χ4v) is 1.26. The van der Waals surface area contributed by atoms with Gasteiger partial charge >= 0.3 is 0 Å². The van der Waals surface area contributed by atoms with E-state index in [-0.39, 0.29) is 0 Å². The van der Waals surface area contributed by atoms with Crippen molar-refractivity contribution in [1.29, 1.82) is 0 Å². The second-order valence-corrected chi connectivity index (χ2v) is 2.73. The summed E-state index contributed by atoms with van der Waals surface area (Å²) >= 11 is 0. The Morgan fingerprint density at radius 3 is 2.62 bits per heavy atom. The van der Waals surface area contributed by atoms with E-state index >= 15 is 0 Å². The van der Waals surface area contributed by atoms with E-state index in [0.717, 1.165) is 5.92 Å². The smallest absolute Gasteiger partial charge is 0.0462 e. The molecular weight excluding hydrogens is 100 g/mol. The Morgan fingerprint density at radius 1 is 1.50 bits per heavy atom. The van der Waals surface area contributed by atoms with Gasteiger partial charge in [0, 0.05) is 6.61 Å². The van der Waals surface area contributed by atoms with E-state index in [4.69, 9.17) is 5.11 Å². The standard InChI is InChI=1S/C7H14O/c1-2-3-6-4-7(6)5-8/h6-8H,2-5H2,1H3/t6-,7-/m0/s1. The number of aliphatic hydroxyl groups excluding tert-OH is 1. The molecule has 1 saturated carbocycles. The van der Waals surface area contributed by atoms with Crippen LogP contribution >= 0.6 is 0 Å². The molecule has 2 atom stereocenters. The molecule has 0 amide bonds. The van der Waals surface area contributed by atoms with Crippen molar-refractivity contribution in [2.45, 2.75) is 26.2 Å². The van der Waals surface area contributed by atoms with Crippen molar-refractivity contribution in [2.24, 2.45) is 11.8 Å². The minimum atomic E-state index is 0.421. The Kier molecular flexibility index (Phi) is 1.90. The van der Waals surface area contributed by atoms with Crippen LogP contribution < -0.4 is 0 Å². The molecule has 0 saturated heterocycles. The van der Waals surface area contributed by atoms with Crippen LogP contribution in [0, 0.1) is 11.8 Å². The van der Waals surface area contributed by atoms with E-state index in [2.05, 4.69) is 6.92 Å². The third kappa shape index (κ3) is 1.22. The molecule has 48 valence electrons. The van der Waals surface area contributed by atoms with Crippen LogP contribution in [0.25, 0.3) is 0 Å². The summed E-state index contributed by atoms with van der Waals surface area (Å²) in [6, 6.07) is 0. The summed E-state index contributed by atoms with van der Waals surface area (Å²) in [7, 11) is 0. The third-order valence-corrected chi connectivity index (χ3v) is 1.96. The molecule has 0 radical (unpaired) electrons. The molecule has 8 heavy (non-hydrogen) atoms. The first-order valence-electron chi connectivity index (χ1n) is 3.49. The average molecular weight is 114 g/mol. The number of rotatable bonds is 3. The molecule has 1 nitrogen and oxygen atoms in total. The molecule has 1 aliphatic rings. The molecular formula is C7H14O. The van der Waals surface area contributed by atoms with Crippen LogP contribution in [0.15, 0.2) is 0 Å². The summed E-state index contributed by atoms with van der Waals surface area (Å²) < 4.78 is 0. The van der Waals surface area contributed by atoms with Gasteiger partial charge in [0.05, 0.1) is 0 Å². The number of aliphatic hydroxyl groups is 1. The van der Waals surface area contributed by atoms with Gasteiger partial charge in [-0.1, -0.05) is 19.8 Å². The maximum Gasteiger partial charge on any atom is 0.0462 e. The van der Waals surface area contributed by atoms with E-state index in [9.17, 15) is 0 Å². The van der Waals surface area contributed by atoms with Gasteiger partial charge in [-0.15, -0.1) is 0 Å². The zero-order valence-corrected chi connectivity index (χ0v) is 5.43. The topological polar surface area (TPSA) is 20.2 Å². The van der Waals surface area contributed by atoms with Gasteiger partial charge in [-0.05, 0) is 18.3 Å². The molecule has 0 aromatic carbocycles. The Labute approximate surface area is 50.7 Å². The lowest BCUT2D eigenvalue weighted by molar-refractivity contribution is 0.267. The maximum atomic E-state index is 8.60. The van der Waals surface area contributed by atoms with E-state index in [1.807, 2.05) is 0 Å². The first-order chi connectivity index (χ1) is 3.88. The zero-order chi connectivity index (χ0) is 5.98. The first-order valence-corrected chi connectivity index (χ1v) is 3.49. The van der Waals surface area contributed by atoms with Crippen molar-refractivity contribution >= 4 is 0 Å². The van der Waals surface area contributed by atoms with E-state index in [1.165, 1.54) is 19.3 Å². The summed E-state index contributed by atoms with van der Waals surface area (Å²) in [4.78, 5) is 0. The van der Waals surface area contributed by atoms with Crippen molar-refractivity contribution < 1.29 is 5.11 Å². The van der Waals surface area contributed by atoms with Crippen LogP contribution in [-0.4, -0.2) is 11.7 Å². The van der Waals surface area contributed by atoms with Gasteiger partial charge in [0.25, 0.3) is 0 Å². The van der Waals surface area contributed by atoms with Crippen molar-refractivity contribution in [2.75, 3.05) is 6.61 Å². The largest absolute Gasteiger partial charge is 0.396 e. The van der Waals surface area contributed by atoms with Crippen LogP contribution in [0.3, 0.4) is 0 Å². The molecule has 1 fully saturated rings. The average Bonchev–Trinajstić information content (AvgIpc) is 2.48. The van der Waals surface area contributed by atoms with Crippen LogP contribution in [0.2, 0.25) is 0 Å². The van der Waals surface area contributed by atoms with Crippen molar-refractivity contribution in [3.63, 3.8) is 0 Å². The SMILES string of the molecule is CCC[C@H]1C[C@H]1CO. The Hall–Kier alpha value is -0.0400. The lowest BCUT2D eigenvalue weighted by Crippen LogP contribution is -1.87. The van der Waals surface area contributed by atoms with Gasteiger partial charge in [0.2, 0.25) is 0 Å². The highest BCUT2D eigenvalue weighted by Gasteiger charge is 2.34. The highest BCUT2D eigenvalue weighted by atomic mass is 16.3. The lowest BCUT2D eigenvalue weighted by atomic mass is 10.2. The molecule has 0 aliphatic heterocycles. The predicted octanol–water partition coefficient (Wildman–Crippen LogP) is 1.41. The fraction of sp³-hybridized carbons (Fsp3) is 1.00. The quantitative estimate of drug-likeness (QED) is 0.588. The second kappa shape index (κ2) is 2.49. The van der Waals surface area contributed by atoms with E-state index in [0.29, 0.717) is 12.5 Å². The van der Waals surface area contributed by atoms with Crippen LogP contribution in [0.5, 0.6) is 0 Å². The summed E-state index contributed by atoms with van der Waals surface area (Å²) in [5, 5.41) is 8.60. The first kappa shape index (κ1) is 6.09. The fourth-order valence-electron chi connectivity index (χ4n) is 1.26. The minimum absolute atomic E-state index is 0.421. The van der Waals surface area contributed by atoms with Gasteiger partial charge in [0.15, 0.2) is 0 Å². The van der Waals surface area contributed by atoms with Gasteiger partial charge in [0.1, 0.15) is 0 Å². The Bertz CT molecular complexity index is 70.8. The summed E-state index contributed by atoms with van der Waals surface area (Å²) in [6.45, 7) is 2.62. The molecule has 1 N–H and O–H groups in total. The predicted molar refractivity (Wildman–Crippen MR) is 33.6 cm³/mol. The van der Waals surface area contributed by atoms with Crippen molar-refractivity contribution in [1.82, 2.24) is 0 Å². The molecule has 0 heterocycles.